The lowest BCUT2D eigenvalue weighted by molar-refractivity contribution is 0.107. The van der Waals surface area contributed by atoms with E-state index in [9.17, 15) is 0 Å². The number of oxime groups is 1. The number of rotatable bonds is 8. The molecule has 3 heteroatoms. The molecular formula is C23H22NO2. The highest BCUT2D eigenvalue weighted by atomic mass is 16.6. The van der Waals surface area contributed by atoms with Gasteiger partial charge in [-0.25, -0.2) is 0 Å². The van der Waals surface area contributed by atoms with E-state index in [-0.39, 0.29) is 0 Å². The summed E-state index contributed by atoms with van der Waals surface area (Å²) in [6, 6.07) is 29.3. The van der Waals surface area contributed by atoms with Crippen molar-refractivity contribution in [3.63, 3.8) is 0 Å². The largest absolute Gasteiger partial charge is 0.489 e. The van der Waals surface area contributed by atoms with Crippen molar-refractivity contribution in [2.45, 2.75) is 13.3 Å². The van der Waals surface area contributed by atoms with Crippen LogP contribution in [0.2, 0.25) is 0 Å². The van der Waals surface area contributed by atoms with Crippen molar-refractivity contribution in [2.24, 2.45) is 5.16 Å². The lowest BCUT2D eigenvalue weighted by Crippen LogP contribution is -2.06. The van der Waals surface area contributed by atoms with E-state index in [1.54, 1.807) is 0 Å². The van der Waals surface area contributed by atoms with Crippen LogP contribution >= 0.6 is 0 Å². The van der Waals surface area contributed by atoms with Gasteiger partial charge in [0.2, 0.25) is 0 Å². The van der Waals surface area contributed by atoms with Crippen molar-refractivity contribution in [1.82, 2.24) is 0 Å². The zero-order valence-electron chi connectivity index (χ0n) is 14.9. The molecule has 0 fully saturated rings. The molecule has 3 aromatic rings. The first kappa shape index (κ1) is 17.7. The number of nitrogens with zero attached hydrogens (tertiary/aromatic N) is 1. The van der Waals surface area contributed by atoms with Gasteiger partial charge in [-0.05, 0) is 29.2 Å². The second-order valence-electron chi connectivity index (χ2n) is 5.74. The molecule has 0 saturated heterocycles. The molecular weight excluding hydrogens is 322 g/mol. The van der Waals surface area contributed by atoms with E-state index in [4.69, 9.17) is 9.57 Å². The molecule has 0 aromatic heterocycles. The van der Waals surface area contributed by atoms with Crippen LogP contribution in [0.15, 0.2) is 84.0 Å². The minimum Gasteiger partial charge on any atom is -0.489 e. The van der Waals surface area contributed by atoms with Gasteiger partial charge in [0.15, 0.2) is 6.61 Å². The van der Waals surface area contributed by atoms with E-state index in [1.807, 2.05) is 42.5 Å². The summed E-state index contributed by atoms with van der Waals surface area (Å²) in [5.74, 6) is 0.715. The Morgan fingerprint density at radius 1 is 0.846 bits per heavy atom. The van der Waals surface area contributed by atoms with E-state index in [0.717, 1.165) is 17.7 Å². The van der Waals surface area contributed by atoms with Gasteiger partial charge in [-0.1, -0.05) is 84.9 Å². The molecule has 0 N–H and O–H groups in total. The molecule has 3 rings (SSSR count). The van der Waals surface area contributed by atoms with Crippen LogP contribution in [0, 0.1) is 6.07 Å². The quantitative estimate of drug-likeness (QED) is 0.313. The highest BCUT2D eigenvalue weighted by Crippen LogP contribution is 2.20. The summed E-state index contributed by atoms with van der Waals surface area (Å²) >= 11 is 0. The first-order chi connectivity index (χ1) is 12.9. The Bertz CT molecular complexity index is 812. The Kier molecular flexibility index (Phi) is 6.43. The topological polar surface area (TPSA) is 30.8 Å². The fourth-order valence-corrected chi connectivity index (χ4v) is 2.59. The zero-order chi connectivity index (χ0) is 18.0. The standard InChI is InChI=1S/C23H22NO2/c1-2-23(24-26-18-17-25-22-11-7-4-8-12-22)21-15-13-20(14-16-21)19-9-5-3-6-10-19/h3-11,13-16H,2,17-18H2,1H3. The van der Waals surface area contributed by atoms with Crippen LogP contribution in [0.4, 0.5) is 0 Å². The second-order valence-corrected chi connectivity index (χ2v) is 5.74. The van der Waals surface area contributed by atoms with Crippen LogP contribution in [-0.4, -0.2) is 18.9 Å². The average Bonchev–Trinajstić information content (AvgIpc) is 2.72. The third-order valence-electron chi connectivity index (χ3n) is 3.95. The maximum atomic E-state index is 5.54. The Hall–Kier alpha value is -3.07. The molecule has 3 aromatic carbocycles. The number of hydrogen-bond donors (Lipinski definition) is 0. The van der Waals surface area contributed by atoms with E-state index >= 15 is 0 Å². The maximum absolute atomic E-state index is 5.54. The molecule has 131 valence electrons. The Labute approximate surface area is 154 Å². The second kappa shape index (κ2) is 9.42. The molecule has 3 nitrogen and oxygen atoms in total. The normalized spacial score (nSPS) is 11.2. The van der Waals surface area contributed by atoms with Crippen LogP contribution in [0.25, 0.3) is 11.1 Å². The van der Waals surface area contributed by atoms with Crippen molar-refractivity contribution in [3.05, 3.63) is 90.5 Å². The first-order valence-corrected chi connectivity index (χ1v) is 8.81. The molecule has 0 bridgehead atoms. The molecule has 0 heterocycles. The Morgan fingerprint density at radius 3 is 2.27 bits per heavy atom. The summed E-state index contributed by atoms with van der Waals surface area (Å²) < 4.78 is 5.54. The third-order valence-corrected chi connectivity index (χ3v) is 3.95. The van der Waals surface area contributed by atoms with Crippen LogP contribution in [0.5, 0.6) is 5.75 Å². The van der Waals surface area contributed by atoms with Gasteiger partial charge < -0.3 is 9.57 Å². The van der Waals surface area contributed by atoms with Crippen LogP contribution in [-0.2, 0) is 4.84 Å². The molecule has 0 spiro atoms. The monoisotopic (exact) mass is 344 g/mol. The molecule has 0 aliphatic heterocycles. The Balaban J connectivity index is 1.55. The summed E-state index contributed by atoms with van der Waals surface area (Å²) in [4.78, 5) is 5.43. The predicted octanol–water partition coefficient (Wildman–Crippen LogP) is 5.36. The highest BCUT2D eigenvalue weighted by Gasteiger charge is 2.03. The molecule has 0 amide bonds. The van der Waals surface area contributed by atoms with Gasteiger partial charge in [0.1, 0.15) is 12.4 Å². The fraction of sp³-hybridized carbons (Fsp3) is 0.174. The molecule has 26 heavy (non-hydrogen) atoms. The molecule has 0 aliphatic rings. The van der Waals surface area contributed by atoms with Gasteiger partial charge >= 0.3 is 0 Å². The number of para-hydroxylation sites is 1. The number of ether oxygens (including phenoxy) is 1. The van der Waals surface area contributed by atoms with E-state index < -0.39 is 0 Å². The van der Waals surface area contributed by atoms with Crippen molar-refractivity contribution in [2.75, 3.05) is 13.2 Å². The van der Waals surface area contributed by atoms with E-state index in [2.05, 4.69) is 54.5 Å². The first-order valence-electron chi connectivity index (χ1n) is 8.81. The van der Waals surface area contributed by atoms with E-state index in [0.29, 0.717) is 19.0 Å². The SMILES string of the molecule is CCC(=NOCCOc1[c]cccc1)c1ccc(-c2ccccc2)cc1. The van der Waals surface area contributed by atoms with Gasteiger partial charge in [0.05, 0.1) is 5.71 Å². The number of hydrogen-bond acceptors (Lipinski definition) is 3. The van der Waals surface area contributed by atoms with Gasteiger partial charge in [0, 0.05) is 6.07 Å². The van der Waals surface area contributed by atoms with Crippen molar-refractivity contribution >= 4 is 5.71 Å². The third kappa shape index (κ3) is 4.96. The van der Waals surface area contributed by atoms with Crippen LogP contribution < -0.4 is 4.74 Å². The summed E-state index contributed by atoms with van der Waals surface area (Å²) in [7, 11) is 0. The van der Waals surface area contributed by atoms with Crippen LogP contribution in [0.3, 0.4) is 0 Å². The minimum atomic E-state index is 0.397. The Morgan fingerprint density at radius 2 is 1.58 bits per heavy atom. The van der Waals surface area contributed by atoms with Gasteiger partial charge in [-0.2, -0.15) is 0 Å². The molecule has 0 aliphatic carbocycles. The van der Waals surface area contributed by atoms with E-state index in [1.165, 1.54) is 11.1 Å². The summed E-state index contributed by atoms with van der Waals surface area (Å²) in [6.45, 7) is 2.91. The smallest absolute Gasteiger partial charge is 0.151 e. The fourth-order valence-electron chi connectivity index (χ4n) is 2.59. The molecule has 0 atom stereocenters. The summed E-state index contributed by atoms with van der Waals surface area (Å²) in [5.41, 5.74) is 4.40. The molecule has 1 radical (unpaired) electrons. The predicted molar refractivity (Wildman–Crippen MR) is 105 cm³/mol. The van der Waals surface area contributed by atoms with Crippen molar-refractivity contribution in [3.8, 4) is 16.9 Å². The van der Waals surface area contributed by atoms with Gasteiger partial charge in [0.25, 0.3) is 0 Å². The maximum Gasteiger partial charge on any atom is 0.151 e. The lowest BCUT2D eigenvalue weighted by atomic mass is 10.0. The highest BCUT2D eigenvalue weighted by molar-refractivity contribution is 6.00. The lowest BCUT2D eigenvalue weighted by Gasteiger charge is -2.08. The van der Waals surface area contributed by atoms with Gasteiger partial charge in [-0.15, -0.1) is 0 Å². The van der Waals surface area contributed by atoms with Crippen LogP contribution in [0.1, 0.15) is 18.9 Å². The summed E-state index contributed by atoms with van der Waals surface area (Å²) in [6.07, 6.45) is 0.804. The molecule has 0 unspecified atom stereocenters. The number of benzene rings is 3. The van der Waals surface area contributed by atoms with Crippen molar-refractivity contribution < 1.29 is 9.57 Å². The average molecular weight is 344 g/mol. The molecule has 0 saturated carbocycles. The zero-order valence-corrected chi connectivity index (χ0v) is 14.9. The summed E-state index contributed by atoms with van der Waals surface area (Å²) in [5, 5.41) is 4.27. The van der Waals surface area contributed by atoms with Gasteiger partial charge in [-0.3, -0.25) is 0 Å². The minimum absolute atomic E-state index is 0.397. The van der Waals surface area contributed by atoms with Crippen molar-refractivity contribution in [1.29, 1.82) is 0 Å².